The van der Waals surface area contributed by atoms with Gasteiger partial charge in [0.2, 0.25) is 0 Å². The van der Waals surface area contributed by atoms with Gasteiger partial charge in [0.15, 0.2) is 0 Å². The minimum Gasteiger partial charge on any atom is -0.303 e. The fraction of sp³-hybridized carbons (Fsp3) is 0.706. The Bertz CT molecular complexity index is 363. The van der Waals surface area contributed by atoms with Crippen LogP contribution in [-0.4, -0.2) is 29.4 Å². The molecule has 0 saturated carbocycles. The summed E-state index contributed by atoms with van der Waals surface area (Å²) in [6.45, 7) is 8.44. The normalized spacial score (nSPS) is 29.1. The van der Waals surface area contributed by atoms with Crippen molar-refractivity contribution in [3.8, 4) is 0 Å². The van der Waals surface area contributed by atoms with Crippen molar-refractivity contribution in [2.24, 2.45) is 11.3 Å². The third kappa shape index (κ3) is 4.00. The molecule has 2 heteroatoms. The lowest BCUT2D eigenvalue weighted by molar-refractivity contribution is 0.166. The predicted molar refractivity (Wildman–Crippen MR) is 87.7 cm³/mol. The molecule has 1 unspecified atom stereocenters. The van der Waals surface area contributed by atoms with Crippen LogP contribution >= 0.6 is 12.2 Å². The lowest BCUT2D eigenvalue weighted by Gasteiger charge is -2.37. The molecule has 0 aromatic heterocycles. The zero-order valence-corrected chi connectivity index (χ0v) is 13.2. The van der Waals surface area contributed by atoms with Crippen molar-refractivity contribution in [3.05, 3.63) is 24.3 Å². The highest BCUT2D eigenvalue weighted by Gasteiger charge is 2.31. The Morgan fingerprint density at radius 3 is 2.68 bits per heavy atom. The Kier molecular flexibility index (Phi) is 5.35. The molecule has 0 amide bonds. The number of nitrogens with zero attached hydrogens (tertiary/aromatic N) is 1. The maximum atomic E-state index is 5.54. The van der Waals surface area contributed by atoms with Crippen molar-refractivity contribution in [1.29, 1.82) is 0 Å². The largest absolute Gasteiger partial charge is 0.303 e. The summed E-state index contributed by atoms with van der Waals surface area (Å²) in [4.78, 5) is 3.75. The van der Waals surface area contributed by atoms with E-state index in [4.69, 9.17) is 12.2 Å². The van der Waals surface area contributed by atoms with Gasteiger partial charge in [-0.15, -0.1) is 0 Å². The number of unbranched alkanes of at least 4 members (excludes halogenated alkanes) is 1. The van der Waals surface area contributed by atoms with Gasteiger partial charge in [-0.1, -0.05) is 50.7 Å². The minimum absolute atomic E-state index is 0.125. The molecule has 1 aliphatic carbocycles. The number of allylic oxidation sites excluding steroid dienone is 4. The Hall–Kier alpha value is -0.470. The summed E-state index contributed by atoms with van der Waals surface area (Å²) in [7, 11) is 0. The first kappa shape index (κ1) is 14.9. The molecule has 106 valence electrons. The van der Waals surface area contributed by atoms with Gasteiger partial charge in [-0.3, -0.25) is 0 Å². The van der Waals surface area contributed by atoms with Gasteiger partial charge in [-0.25, -0.2) is 0 Å². The molecule has 2 rings (SSSR count). The summed E-state index contributed by atoms with van der Waals surface area (Å²) in [6, 6.07) is 0. The summed E-state index contributed by atoms with van der Waals surface area (Å²) in [5, 5.41) is 0. The number of hydrogen-bond donors (Lipinski definition) is 0. The zero-order chi connectivity index (χ0) is 13.7. The summed E-state index contributed by atoms with van der Waals surface area (Å²) in [6.07, 6.45) is 15.2. The van der Waals surface area contributed by atoms with Gasteiger partial charge in [-0.2, -0.15) is 0 Å². The maximum absolute atomic E-state index is 5.54. The third-order valence-electron chi connectivity index (χ3n) is 4.63. The van der Waals surface area contributed by atoms with Crippen molar-refractivity contribution in [2.75, 3.05) is 19.6 Å². The smallest absolute Gasteiger partial charge is 0.0249 e. The van der Waals surface area contributed by atoms with E-state index in [1.54, 1.807) is 0 Å². The van der Waals surface area contributed by atoms with E-state index in [1.165, 1.54) is 51.7 Å². The van der Waals surface area contributed by atoms with E-state index >= 15 is 0 Å². The second-order valence-corrected chi connectivity index (χ2v) is 6.78. The highest BCUT2D eigenvalue weighted by atomic mass is 32.1. The Labute approximate surface area is 123 Å². The summed E-state index contributed by atoms with van der Waals surface area (Å²) >= 11 is 5.54. The molecule has 1 fully saturated rings. The van der Waals surface area contributed by atoms with Crippen LogP contribution in [0.4, 0.5) is 0 Å². The molecule has 1 atom stereocenters. The van der Waals surface area contributed by atoms with E-state index in [1.807, 2.05) is 0 Å². The molecule has 0 N–H and O–H groups in total. The molecule has 2 aliphatic rings. The number of rotatable bonds is 5. The fourth-order valence-corrected chi connectivity index (χ4v) is 3.48. The van der Waals surface area contributed by atoms with Crippen molar-refractivity contribution in [3.63, 3.8) is 0 Å². The van der Waals surface area contributed by atoms with Gasteiger partial charge in [-0.05, 0) is 57.3 Å². The molecule has 1 nitrogen and oxygen atoms in total. The van der Waals surface area contributed by atoms with Crippen LogP contribution in [0.1, 0.15) is 46.0 Å². The first-order chi connectivity index (χ1) is 9.14. The highest BCUT2D eigenvalue weighted by molar-refractivity contribution is 7.80. The monoisotopic (exact) mass is 277 g/mol. The lowest BCUT2D eigenvalue weighted by atomic mass is 9.74. The van der Waals surface area contributed by atoms with E-state index in [0.717, 1.165) is 10.8 Å². The second kappa shape index (κ2) is 6.81. The van der Waals surface area contributed by atoms with Gasteiger partial charge >= 0.3 is 0 Å². The van der Waals surface area contributed by atoms with Crippen molar-refractivity contribution in [2.45, 2.75) is 46.0 Å². The third-order valence-corrected chi connectivity index (χ3v) is 5.24. The predicted octanol–water partition coefficient (Wildman–Crippen LogP) is 4.39. The summed E-state index contributed by atoms with van der Waals surface area (Å²) in [5.41, 5.74) is 0.125. The van der Waals surface area contributed by atoms with Crippen LogP contribution < -0.4 is 0 Å². The number of likely N-dealkylation sites (tertiary alicyclic amines) is 1. The SMILES string of the molecule is CCCCN1CCC(CC2(C)C=CC=CC2=S)CC1. The Balaban J connectivity index is 1.81. The van der Waals surface area contributed by atoms with Gasteiger partial charge in [0.1, 0.15) is 0 Å². The standard InChI is InChI=1S/C17H27NS/c1-3-4-11-18-12-8-15(9-13-18)14-17(2)10-6-5-7-16(17)19/h5-7,10,15H,3-4,8-9,11-14H2,1-2H3. The number of thiocarbonyl (C=S) groups is 1. The van der Waals surface area contributed by atoms with Crippen LogP contribution in [-0.2, 0) is 0 Å². The van der Waals surface area contributed by atoms with E-state index < -0.39 is 0 Å². The zero-order valence-electron chi connectivity index (χ0n) is 12.4. The molecule has 1 aliphatic heterocycles. The second-order valence-electron chi connectivity index (χ2n) is 6.34. The van der Waals surface area contributed by atoms with E-state index in [0.29, 0.717) is 0 Å². The summed E-state index contributed by atoms with van der Waals surface area (Å²) in [5.74, 6) is 0.844. The first-order valence-electron chi connectivity index (χ1n) is 7.77. The van der Waals surface area contributed by atoms with Gasteiger partial charge < -0.3 is 4.90 Å². The number of hydrogen-bond acceptors (Lipinski definition) is 2. The molecule has 0 spiro atoms. The molecule has 1 saturated heterocycles. The van der Waals surface area contributed by atoms with Crippen LogP contribution in [0, 0.1) is 11.3 Å². The van der Waals surface area contributed by atoms with E-state index in [9.17, 15) is 0 Å². The fourth-order valence-electron chi connectivity index (χ4n) is 3.25. The quantitative estimate of drug-likeness (QED) is 0.686. The molecule has 0 radical (unpaired) electrons. The van der Waals surface area contributed by atoms with Crippen LogP contribution in [0.3, 0.4) is 0 Å². The molecule has 1 heterocycles. The number of piperidine rings is 1. The van der Waals surface area contributed by atoms with Gasteiger partial charge in [0, 0.05) is 10.3 Å². The van der Waals surface area contributed by atoms with Crippen molar-refractivity contribution < 1.29 is 0 Å². The highest BCUT2D eigenvalue weighted by Crippen LogP contribution is 2.36. The molecule has 0 bridgehead atoms. The van der Waals surface area contributed by atoms with Crippen molar-refractivity contribution >= 4 is 17.1 Å². The topological polar surface area (TPSA) is 3.24 Å². The van der Waals surface area contributed by atoms with Crippen LogP contribution in [0.15, 0.2) is 24.3 Å². The molecule has 0 aromatic rings. The first-order valence-corrected chi connectivity index (χ1v) is 8.17. The average molecular weight is 277 g/mol. The van der Waals surface area contributed by atoms with Crippen LogP contribution in [0.5, 0.6) is 0 Å². The molecular formula is C17H27NS. The summed E-state index contributed by atoms with van der Waals surface area (Å²) < 4.78 is 0. The van der Waals surface area contributed by atoms with E-state index in [-0.39, 0.29) is 5.41 Å². The molecular weight excluding hydrogens is 250 g/mol. The Morgan fingerprint density at radius 1 is 1.32 bits per heavy atom. The van der Waals surface area contributed by atoms with Crippen molar-refractivity contribution in [1.82, 2.24) is 4.90 Å². The van der Waals surface area contributed by atoms with Gasteiger partial charge in [0.25, 0.3) is 0 Å². The van der Waals surface area contributed by atoms with Crippen LogP contribution in [0.25, 0.3) is 0 Å². The molecule has 19 heavy (non-hydrogen) atoms. The van der Waals surface area contributed by atoms with Crippen LogP contribution in [0.2, 0.25) is 0 Å². The average Bonchev–Trinajstić information content (AvgIpc) is 2.42. The lowest BCUT2D eigenvalue weighted by Crippen LogP contribution is -2.37. The maximum Gasteiger partial charge on any atom is 0.0249 e. The van der Waals surface area contributed by atoms with Gasteiger partial charge in [0.05, 0.1) is 0 Å². The molecule has 0 aromatic carbocycles. The minimum atomic E-state index is 0.125. The van der Waals surface area contributed by atoms with E-state index in [2.05, 4.69) is 43.1 Å². The Morgan fingerprint density at radius 2 is 2.05 bits per heavy atom.